The van der Waals surface area contributed by atoms with Crippen LogP contribution in [0.4, 0.5) is 18.9 Å². The lowest BCUT2D eigenvalue weighted by molar-refractivity contribution is -0.137. The number of benzene rings is 3. The molecule has 1 atom stereocenters. The highest BCUT2D eigenvalue weighted by atomic mass is 19.4. The molecule has 36 heavy (non-hydrogen) atoms. The number of aliphatic hydroxyl groups excluding tert-OH is 1. The van der Waals surface area contributed by atoms with Gasteiger partial charge in [0, 0.05) is 37.4 Å². The zero-order valence-corrected chi connectivity index (χ0v) is 19.4. The number of para-hydroxylation sites is 1. The highest BCUT2D eigenvalue weighted by Gasteiger charge is 2.30. The van der Waals surface area contributed by atoms with Gasteiger partial charge >= 0.3 is 6.18 Å². The van der Waals surface area contributed by atoms with E-state index in [0.29, 0.717) is 37.3 Å². The Balaban J connectivity index is 1.35. The number of halogens is 3. The Labute approximate surface area is 207 Å². The minimum absolute atomic E-state index is 0.269. The van der Waals surface area contributed by atoms with Crippen LogP contribution >= 0.6 is 0 Å². The summed E-state index contributed by atoms with van der Waals surface area (Å²) in [5, 5.41) is 12.4. The van der Waals surface area contributed by atoms with Crippen LogP contribution < -0.4 is 10.2 Å². The molecule has 3 aromatic rings. The summed E-state index contributed by atoms with van der Waals surface area (Å²) in [5.74, 6) is -0.871. The molecule has 188 valence electrons. The topological polar surface area (TPSA) is 72.9 Å². The lowest BCUT2D eigenvalue weighted by Gasteiger charge is -2.37. The largest absolute Gasteiger partial charge is 0.416 e. The number of hydrogen-bond acceptors (Lipinski definition) is 4. The van der Waals surface area contributed by atoms with Crippen LogP contribution in [-0.4, -0.2) is 60.6 Å². The van der Waals surface area contributed by atoms with Gasteiger partial charge in [0.15, 0.2) is 0 Å². The maximum atomic E-state index is 12.9. The van der Waals surface area contributed by atoms with E-state index < -0.39 is 30.3 Å². The third kappa shape index (κ3) is 5.85. The number of carbonyl (C=O) groups excluding carboxylic acids is 2. The summed E-state index contributed by atoms with van der Waals surface area (Å²) in [6.07, 6.45) is -4.41. The van der Waals surface area contributed by atoms with E-state index in [2.05, 4.69) is 10.2 Å². The van der Waals surface area contributed by atoms with Crippen LogP contribution in [0.2, 0.25) is 0 Å². The lowest BCUT2D eigenvalue weighted by Crippen LogP contribution is -2.56. The van der Waals surface area contributed by atoms with Gasteiger partial charge in [0.1, 0.15) is 6.04 Å². The van der Waals surface area contributed by atoms with Crippen molar-refractivity contribution in [3.8, 4) is 11.1 Å². The number of rotatable bonds is 6. The highest BCUT2D eigenvalue weighted by Crippen LogP contribution is 2.31. The first kappa shape index (κ1) is 25.2. The van der Waals surface area contributed by atoms with Crippen LogP contribution in [0.5, 0.6) is 0 Å². The van der Waals surface area contributed by atoms with Crippen LogP contribution in [0.1, 0.15) is 15.9 Å². The first-order valence-electron chi connectivity index (χ1n) is 11.5. The molecule has 1 saturated heterocycles. The number of piperazine rings is 1. The van der Waals surface area contributed by atoms with Crippen LogP contribution in [0, 0.1) is 0 Å². The fourth-order valence-electron chi connectivity index (χ4n) is 4.14. The quantitative estimate of drug-likeness (QED) is 0.543. The molecule has 2 N–H and O–H groups in total. The monoisotopic (exact) mass is 497 g/mol. The molecule has 2 amide bonds. The Morgan fingerprint density at radius 2 is 1.39 bits per heavy atom. The van der Waals surface area contributed by atoms with Crippen molar-refractivity contribution in [2.75, 3.05) is 37.7 Å². The van der Waals surface area contributed by atoms with Gasteiger partial charge in [0.05, 0.1) is 12.2 Å². The van der Waals surface area contributed by atoms with E-state index in [9.17, 15) is 27.9 Å². The molecule has 1 aliphatic heterocycles. The molecule has 3 aromatic carbocycles. The fraction of sp³-hybridized carbons (Fsp3) is 0.259. The van der Waals surface area contributed by atoms with Gasteiger partial charge in [0.25, 0.3) is 5.91 Å². The number of aliphatic hydroxyl groups is 1. The molecule has 9 heteroatoms. The maximum Gasteiger partial charge on any atom is 0.416 e. The number of nitrogens with zero attached hydrogens (tertiary/aromatic N) is 2. The van der Waals surface area contributed by atoms with E-state index in [1.54, 1.807) is 17.0 Å². The predicted molar refractivity (Wildman–Crippen MR) is 130 cm³/mol. The predicted octanol–water partition coefficient (Wildman–Crippen LogP) is 3.81. The Hall–Kier alpha value is -3.85. The smallest absolute Gasteiger partial charge is 0.394 e. The number of hydrogen-bond donors (Lipinski definition) is 2. The van der Waals surface area contributed by atoms with Crippen LogP contribution in [0.25, 0.3) is 11.1 Å². The maximum absolute atomic E-state index is 12.9. The Morgan fingerprint density at radius 1 is 0.833 bits per heavy atom. The molecule has 0 unspecified atom stereocenters. The van der Waals surface area contributed by atoms with E-state index in [0.717, 1.165) is 17.8 Å². The van der Waals surface area contributed by atoms with E-state index in [-0.39, 0.29) is 11.5 Å². The van der Waals surface area contributed by atoms with Crippen LogP contribution in [-0.2, 0) is 11.0 Å². The first-order valence-corrected chi connectivity index (χ1v) is 11.5. The number of anilines is 1. The molecule has 0 radical (unpaired) electrons. The zero-order chi connectivity index (χ0) is 25.7. The van der Waals surface area contributed by atoms with Crippen molar-refractivity contribution >= 4 is 17.5 Å². The summed E-state index contributed by atoms with van der Waals surface area (Å²) in [5.41, 5.74) is 1.84. The van der Waals surface area contributed by atoms with E-state index in [1.165, 1.54) is 24.3 Å². The lowest BCUT2D eigenvalue weighted by atomic mass is 10.0. The van der Waals surface area contributed by atoms with Crippen LogP contribution in [0.15, 0.2) is 78.9 Å². The summed E-state index contributed by atoms with van der Waals surface area (Å²) in [4.78, 5) is 29.5. The molecule has 4 rings (SSSR count). The van der Waals surface area contributed by atoms with Gasteiger partial charge in [-0.3, -0.25) is 9.59 Å². The molecule has 0 aromatic heterocycles. The van der Waals surface area contributed by atoms with E-state index in [4.69, 9.17) is 0 Å². The van der Waals surface area contributed by atoms with Gasteiger partial charge in [-0.1, -0.05) is 42.5 Å². The molecule has 0 aliphatic carbocycles. The molecule has 0 saturated carbocycles. The number of carbonyl (C=O) groups is 2. The highest BCUT2D eigenvalue weighted by molar-refractivity contribution is 5.98. The minimum Gasteiger partial charge on any atom is -0.394 e. The SMILES string of the molecule is O=C(N[C@@H](CO)C(=O)N1CCN(c2ccccc2)CC1)c1ccc(-c2ccc(C(F)(F)F)cc2)cc1. The van der Waals surface area contributed by atoms with Crippen molar-refractivity contribution in [3.05, 3.63) is 90.0 Å². The van der Waals surface area contributed by atoms with Crippen LogP contribution in [0.3, 0.4) is 0 Å². The molecule has 1 aliphatic rings. The minimum atomic E-state index is -4.41. The standard InChI is InChI=1S/C27H26F3N3O3/c28-27(29,30)22-12-10-20(11-13-22)19-6-8-21(9-7-19)25(35)31-24(18-34)26(36)33-16-14-32(15-17-33)23-4-2-1-3-5-23/h1-13,24,34H,14-18H2,(H,31,35)/t24-/m0/s1. The Kier molecular flexibility index (Phi) is 7.59. The Morgan fingerprint density at radius 3 is 1.92 bits per heavy atom. The first-order chi connectivity index (χ1) is 17.3. The van der Waals surface area contributed by atoms with E-state index in [1.807, 2.05) is 30.3 Å². The van der Waals surface area contributed by atoms with Crippen molar-refractivity contribution in [1.82, 2.24) is 10.2 Å². The number of nitrogens with one attached hydrogen (secondary N) is 1. The molecule has 0 spiro atoms. The van der Waals surface area contributed by atoms with Gasteiger partial charge < -0.3 is 20.2 Å². The third-order valence-electron chi connectivity index (χ3n) is 6.19. The average Bonchev–Trinajstić information content (AvgIpc) is 2.91. The van der Waals surface area contributed by atoms with Crippen molar-refractivity contribution < 1.29 is 27.9 Å². The average molecular weight is 498 g/mol. The second-order valence-corrected chi connectivity index (χ2v) is 8.51. The van der Waals surface area contributed by atoms with Gasteiger partial charge in [0.2, 0.25) is 5.91 Å². The van der Waals surface area contributed by atoms with Gasteiger partial charge in [-0.25, -0.2) is 0 Å². The second-order valence-electron chi connectivity index (χ2n) is 8.51. The van der Waals surface area contributed by atoms with E-state index >= 15 is 0 Å². The van der Waals surface area contributed by atoms with Crippen molar-refractivity contribution in [3.63, 3.8) is 0 Å². The Bertz CT molecular complexity index is 1170. The normalized spacial score (nSPS) is 14.9. The van der Waals surface area contributed by atoms with Gasteiger partial charge in [-0.2, -0.15) is 13.2 Å². The fourth-order valence-corrected chi connectivity index (χ4v) is 4.14. The van der Waals surface area contributed by atoms with Crippen molar-refractivity contribution in [2.45, 2.75) is 12.2 Å². The summed E-state index contributed by atoms with van der Waals surface area (Å²) < 4.78 is 38.3. The summed E-state index contributed by atoms with van der Waals surface area (Å²) >= 11 is 0. The van der Waals surface area contributed by atoms with Crippen molar-refractivity contribution in [2.24, 2.45) is 0 Å². The zero-order valence-electron chi connectivity index (χ0n) is 19.4. The summed E-state index contributed by atoms with van der Waals surface area (Å²) in [7, 11) is 0. The molecule has 1 fully saturated rings. The van der Waals surface area contributed by atoms with Gasteiger partial charge in [-0.15, -0.1) is 0 Å². The molecular weight excluding hydrogens is 471 g/mol. The molecule has 1 heterocycles. The molecule has 6 nitrogen and oxygen atoms in total. The molecular formula is C27H26F3N3O3. The number of alkyl halides is 3. The number of amides is 2. The third-order valence-corrected chi connectivity index (χ3v) is 6.19. The van der Waals surface area contributed by atoms with Crippen molar-refractivity contribution in [1.29, 1.82) is 0 Å². The second kappa shape index (κ2) is 10.8. The van der Waals surface area contributed by atoms with Gasteiger partial charge in [-0.05, 0) is 47.5 Å². The molecule has 0 bridgehead atoms. The summed E-state index contributed by atoms with van der Waals surface area (Å²) in [6, 6.07) is 19.9. The summed E-state index contributed by atoms with van der Waals surface area (Å²) in [6.45, 7) is 1.71.